The Morgan fingerprint density at radius 3 is 2.75 bits per heavy atom. The second-order valence-electron chi connectivity index (χ2n) is 3.94. The van der Waals surface area contributed by atoms with E-state index in [1.807, 2.05) is 0 Å². The standard InChI is InChI=1S/C14H9BrClFO3/c15-11-5-4-8(6-9(11)14(18)19)20-7-10-12(16)2-1-3-13(10)17/h1-6H,7H2,(H,18,19). The molecule has 0 unspecified atom stereocenters. The minimum Gasteiger partial charge on any atom is -0.489 e. The van der Waals surface area contributed by atoms with Crippen LogP contribution in [0.3, 0.4) is 0 Å². The molecule has 20 heavy (non-hydrogen) atoms. The van der Waals surface area contributed by atoms with Crippen molar-refractivity contribution < 1.29 is 19.0 Å². The van der Waals surface area contributed by atoms with Gasteiger partial charge in [0.2, 0.25) is 0 Å². The van der Waals surface area contributed by atoms with Crippen LogP contribution in [0.4, 0.5) is 4.39 Å². The van der Waals surface area contributed by atoms with Crippen molar-refractivity contribution in [1.82, 2.24) is 0 Å². The molecule has 0 amide bonds. The summed E-state index contributed by atoms with van der Waals surface area (Å²) in [5, 5.41) is 9.26. The van der Waals surface area contributed by atoms with Crippen LogP contribution < -0.4 is 4.74 Å². The van der Waals surface area contributed by atoms with E-state index in [0.29, 0.717) is 10.2 Å². The first-order valence-corrected chi connectivity index (χ1v) is 6.74. The lowest BCUT2D eigenvalue weighted by atomic mass is 10.2. The van der Waals surface area contributed by atoms with Gasteiger partial charge in [0.25, 0.3) is 0 Å². The van der Waals surface area contributed by atoms with Crippen molar-refractivity contribution in [3.8, 4) is 5.75 Å². The quantitative estimate of drug-likeness (QED) is 0.873. The smallest absolute Gasteiger partial charge is 0.336 e. The number of carboxylic acid groups (broad SMARTS) is 1. The number of carboxylic acids is 1. The SMILES string of the molecule is O=C(O)c1cc(OCc2c(F)cccc2Cl)ccc1Br. The van der Waals surface area contributed by atoms with Crippen LogP contribution in [0.25, 0.3) is 0 Å². The molecule has 0 heterocycles. The molecule has 3 nitrogen and oxygen atoms in total. The molecule has 0 saturated heterocycles. The van der Waals surface area contributed by atoms with Gasteiger partial charge in [-0.1, -0.05) is 17.7 Å². The summed E-state index contributed by atoms with van der Waals surface area (Å²) >= 11 is 9.01. The van der Waals surface area contributed by atoms with Crippen LogP contribution >= 0.6 is 27.5 Å². The summed E-state index contributed by atoms with van der Waals surface area (Å²) in [6, 6.07) is 8.86. The number of benzene rings is 2. The summed E-state index contributed by atoms with van der Waals surface area (Å²) in [6.07, 6.45) is 0. The van der Waals surface area contributed by atoms with E-state index in [9.17, 15) is 9.18 Å². The minimum absolute atomic E-state index is 0.0714. The summed E-state index contributed by atoms with van der Waals surface area (Å²) in [4.78, 5) is 11.0. The number of rotatable bonds is 4. The van der Waals surface area contributed by atoms with Crippen LogP contribution in [-0.4, -0.2) is 11.1 Å². The Kier molecular flexibility index (Phi) is 4.62. The van der Waals surface area contributed by atoms with Gasteiger partial charge in [0, 0.05) is 10.0 Å². The van der Waals surface area contributed by atoms with Gasteiger partial charge in [-0.25, -0.2) is 9.18 Å². The molecule has 0 aliphatic heterocycles. The van der Waals surface area contributed by atoms with E-state index in [2.05, 4.69) is 15.9 Å². The Morgan fingerprint density at radius 2 is 2.10 bits per heavy atom. The Balaban J connectivity index is 2.19. The molecular weight excluding hydrogens is 351 g/mol. The Labute approximate surface area is 128 Å². The van der Waals surface area contributed by atoms with Crippen LogP contribution in [0.1, 0.15) is 15.9 Å². The Morgan fingerprint density at radius 1 is 1.35 bits per heavy atom. The molecule has 0 aliphatic rings. The van der Waals surface area contributed by atoms with Gasteiger partial charge in [0.1, 0.15) is 18.2 Å². The van der Waals surface area contributed by atoms with Crippen molar-refractivity contribution in [3.63, 3.8) is 0 Å². The van der Waals surface area contributed by atoms with Crippen molar-refractivity contribution in [3.05, 3.63) is 62.8 Å². The topological polar surface area (TPSA) is 46.5 Å². The average molecular weight is 360 g/mol. The predicted molar refractivity (Wildman–Crippen MR) is 76.8 cm³/mol. The van der Waals surface area contributed by atoms with Crippen molar-refractivity contribution in [1.29, 1.82) is 0 Å². The lowest BCUT2D eigenvalue weighted by Crippen LogP contribution is -2.02. The van der Waals surface area contributed by atoms with Gasteiger partial charge in [-0.05, 0) is 46.3 Å². The number of hydrogen-bond acceptors (Lipinski definition) is 2. The molecule has 6 heteroatoms. The Hall–Kier alpha value is -1.59. The van der Waals surface area contributed by atoms with Gasteiger partial charge >= 0.3 is 5.97 Å². The van der Waals surface area contributed by atoms with E-state index in [-0.39, 0.29) is 22.8 Å². The number of ether oxygens (including phenoxy) is 1. The number of halogens is 3. The summed E-state index contributed by atoms with van der Waals surface area (Å²) < 4.78 is 19.4. The molecule has 2 aromatic carbocycles. The van der Waals surface area contributed by atoms with Crippen LogP contribution in [-0.2, 0) is 6.61 Å². The van der Waals surface area contributed by atoms with Crippen LogP contribution in [0, 0.1) is 5.82 Å². The third kappa shape index (κ3) is 3.29. The fourth-order valence-corrected chi connectivity index (χ4v) is 2.22. The maximum atomic E-state index is 13.6. The highest BCUT2D eigenvalue weighted by atomic mass is 79.9. The number of carbonyl (C=O) groups is 1. The second kappa shape index (κ2) is 6.24. The van der Waals surface area contributed by atoms with E-state index in [0.717, 1.165) is 0 Å². The molecule has 0 spiro atoms. The predicted octanol–water partition coefficient (Wildman–Crippen LogP) is 4.52. The molecule has 0 saturated carbocycles. The molecule has 2 aromatic rings. The van der Waals surface area contributed by atoms with E-state index < -0.39 is 11.8 Å². The molecule has 0 aromatic heterocycles. The van der Waals surface area contributed by atoms with Crippen molar-refractivity contribution in [2.45, 2.75) is 6.61 Å². The zero-order valence-electron chi connectivity index (χ0n) is 10.1. The summed E-state index contributed by atoms with van der Waals surface area (Å²) in [6.45, 7) is -0.0772. The van der Waals surface area contributed by atoms with Crippen LogP contribution in [0.15, 0.2) is 40.9 Å². The molecule has 104 valence electrons. The molecule has 0 radical (unpaired) electrons. The van der Waals surface area contributed by atoms with Crippen LogP contribution in [0.2, 0.25) is 5.02 Å². The molecule has 0 atom stereocenters. The van der Waals surface area contributed by atoms with E-state index in [1.165, 1.54) is 18.2 Å². The fraction of sp³-hybridized carbons (Fsp3) is 0.0714. The van der Waals surface area contributed by atoms with Crippen molar-refractivity contribution in [2.75, 3.05) is 0 Å². The fourth-order valence-electron chi connectivity index (χ4n) is 1.58. The van der Waals surface area contributed by atoms with Gasteiger partial charge in [-0.3, -0.25) is 0 Å². The lowest BCUT2D eigenvalue weighted by Gasteiger charge is -2.10. The number of aromatic carboxylic acids is 1. The summed E-state index contributed by atoms with van der Waals surface area (Å²) in [7, 11) is 0. The maximum Gasteiger partial charge on any atom is 0.336 e. The first-order valence-electron chi connectivity index (χ1n) is 5.57. The first-order chi connectivity index (χ1) is 9.49. The molecule has 2 rings (SSSR count). The highest BCUT2D eigenvalue weighted by molar-refractivity contribution is 9.10. The van der Waals surface area contributed by atoms with E-state index >= 15 is 0 Å². The molecule has 0 bridgehead atoms. The van der Waals surface area contributed by atoms with Crippen LogP contribution in [0.5, 0.6) is 5.75 Å². The zero-order valence-corrected chi connectivity index (χ0v) is 12.4. The third-order valence-corrected chi connectivity index (χ3v) is 3.66. The molecule has 1 N–H and O–H groups in total. The Bertz CT molecular complexity index is 641. The highest BCUT2D eigenvalue weighted by Crippen LogP contribution is 2.25. The summed E-state index contributed by atoms with van der Waals surface area (Å²) in [5.41, 5.74) is 0.302. The molecule has 0 fully saturated rings. The van der Waals surface area contributed by atoms with Crippen molar-refractivity contribution in [2.24, 2.45) is 0 Å². The van der Waals surface area contributed by atoms with Gasteiger partial charge in [-0.15, -0.1) is 0 Å². The lowest BCUT2D eigenvalue weighted by molar-refractivity contribution is 0.0695. The third-order valence-electron chi connectivity index (χ3n) is 2.61. The molecule has 0 aliphatic carbocycles. The first kappa shape index (κ1) is 14.8. The zero-order chi connectivity index (χ0) is 14.7. The van der Waals surface area contributed by atoms with E-state index in [1.54, 1.807) is 18.2 Å². The van der Waals surface area contributed by atoms with Gasteiger partial charge in [-0.2, -0.15) is 0 Å². The highest BCUT2D eigenvalue weighted by Gasteiger charge is 2.11. The van der Waals surface area contributed by atoms with Gasteiger partial charge < -0.3 is 9.84 Å². The second-order valence-corrected chi connectivity index (χ2v) is 5.20. The van der Waals surface area contributed by atoms with Gasteiger partial charge in [0.05, 0.1) is 10.6 Å². The molecular formula is C14H9BrClFO3. The normalized spacial score (nSPS) is 10.3. The largest absolute Gasteiger partial charge is 0.489 e. The van der Waals surface area contributed by atoms with Gasteiger partial charge in [0.15, 0.2) is 0 Å². The number of hydrogen-bond donors (Lipinski definition) is 1. The average Bonchev–Trinajstić information content (AvgIpc) is 2.39. The maximum absolute atomic E-state index is 13.6. The summed E-state index contributed by atoms with van der Waals surface area (Å²) in [5.74, 6) is -1.22. The monoisotopic (exact) mass is 358 g/mol. The van der Waals surface area contributed by atoms with Crippen molar-refractivity contribution >= 4 is 33.5 Å². The minimum atomic E-state index is -1.08. The van der Waals surface area contributed by atoms with E-state index in [4.69, 9.17) is 21.4 Å².